The first-order valence-electron chi connectivity index (χ1n) is 9.87. The maximum absolute atomic E-state index is 4.40. The van der Waals surface area contributed by atoms with E-state index < -0.39 is 0 Å². The van der Waals surface area contributed by atoms with Crippen LogP contribution in [0.2, 0.25) is 0 Å². The molecule has 0 radical (unpaired) electrons. The zero-order chi connectivity index (χ0) is 17.7. The number of pyridine rings is 1. The molecule has 0 fully saturated rings. The Bertz CT molecular complexity index is 780. The Kier molecular flexibility index (Phi) is 5.15. The smallest absolute Gasteiger partial charge is 0.0302 e. The Morgan fingerprint density at radius 1 is 0.769 bits per heavy atom. The zero-order valence-electron chi connectivity index (χ0n) is 15.4. The van der Waals surface area contributed by atoms with E-state index in [1.54, 1.807) is 5.56 Å². The minimum absolute atomic E-state index is 0.280. The quantitative estimate of drug-likeness (QED) is 0.542. The first kappa shape index (κ1) is 17.0. The van der Waals surface area contributed by atoms with E-state index in [0.717, 1.165) is 12.8 Å². The predicted molar refractivity (Wildman–Crippen MR) is 108 cm³/mol. The van der Waals surface area contributed by atoms with Crippen molar-refractivity contribution in [2.45, 2.75) is 50.4 Å². The van der Waals surface area contributed by atoms with Gasteiger partial charge in [-0.25, -0.2) is 0 Å². The molecule has 0 unspecified atom stereocenters. The molecule has 4 rings (SSSR count). The van der Waals surface area contributed by atoms with Crippen LogP contribution in [-0.2, 0) is 24.7 Å². The molecule has 1 heteroatoms. The van der Waals surface area contributed by atoms with Crippen LogP contribution in [0.4, 0.5) is 0 Å². The molecule has 26 heavy (non-hydrogen) atoms. The van der Waals surface area contributed by atoms with Crippen molar-refractivity contribution < 1.29 is 0 Å². The van der Waals surface area contributed by atoms with Crippen molar-refractivity contribution in [2.24, 2.45) is 0 Å². The minimum Gasteiger partial charge on any atom is -0.264 e. The largest absolute Gasteiger partial charge is 0.264 e. The highest BCUT2D eigenvalue weighted by Crippen LogP contribution is 2.44. The van der Waals surface area contributed by atoms with E-state index in [1.807, 2.05) is 6.20 Å². The number of hydrogen-bond donors (Lipinski definition) is 0. The van der Waals surface area contributed by atoms with Crippen LogP contribution in [-0.4, -0.2) is 4.98 Å². The van der Waals surface area contributed by atoms with Gasteiger partial charge in [0.15, 0.2) is 0 Å². The van der Waals surface area contributed by atoms with Gasteiger partial charge < -0.3 is 0 Å². The molecule has 0 bridgehead atoms. The lowest BCUT2D eigenvalue weighted by atomic mass is 9.65. The topological polar surface area (TPSA) is 12.9 Å². The van der Waals surface area contributed by atoms with Crippen molar-refractivity contribution in [2.75, 3.05) is 0 Å². The standard InChI is InChI=1S/C25H27N/c1-3-8-21(9-4-1)13-17-25(18-14-22-10-5-2-6-11-22)16-7-12-23-20-26-19-15-24(23)25/h1-6,8-11,15,19-20H,7,12-14,16-18H2. The fourth-order valence-corrected chi connectivity index (χ4v) is 4.60. The van der Waals surface area contributed by atoms with Crippen molar-refractivity contribution >= 4 is 0 Å². The van der Waals surface area contributed by atoms with E-state index in [0.29, 0.717) is 0 Å². The van der Waals surface area contributed by atoms with E-state index in [1.165, 1.54) is 48.8 Å². The van der Waals surface area contributed by atoms with E-state index >= 15 is 0 Å². The summed E-state index contributed by atoms with van der Waals surface area (Å²) in [7, 11) is 0. The summed E-state index contributed by atoms with van der Waals surface area (Å²) >= 11 is 0. The van der Waals surface area contributed by atoms with Gasteiger partial charge in [0.1, 0.15) is 0 Å². The average molecular weight is 341 g/mol. The highest BCUT2D eigenvalue weighted by molar-refractivity contribution is 5.35. The van der Waals surface area contributed by atoms with Gasteiger partial charge in [0, 0.05) is 12.4 Å². The Morgan fingerprint density at radius 2 is 1.38 bits per heavy atom. The molecule has 0 saturated carbocycles. The molecule has 1 heterocycles. The first-order valence-corrected chi connectivity index (χ1v) is 9.87. The van der Waals surface area contributed by atoms with Gasteiger partial charge in [-0.15, -0.1) is 0 Å². The van der Waals surface area contributed by atoms with Gasteiger partial charge in [0.05, 0.1) is 0 Å². The summed E-state index contributed by atoms with van der Waals surface area (Å²) in [5.74, 6) is 0. The Labute approximate surface area is 157 Å². The lowest BCUT2D eigenvalue weighted by Crippen LogP contribution is -2.32. The number of hydrogen-bond acceptors (Lipinski definition) is 1. The van der Waals surface area contributed by atoms with Gasteiger partial charge in [-0.3, -0.25) is 4.98 Å². The Morgan fingerprint density at radius 3 is 2.00 bits per heavy atom. The first-order chi connectivity index (χ1) is 12.9. The van der Waals surface area contributed by atoms with E-state index in [4.69, 9.17) is 0 Å². The third-order valence-corrected chi connectivity index (χ3v) is 6.05. The number of aromatic nitrogens is 1. The fourth-order valence-electron chi connectivity index (χ4n) is 4.60. The number of benzene rings is 2. The van der Waals surface area contributed by atoms with Gasteiger partial charge in [-0.05, 0) is 78.7 Å². The maximum Gasteiger partial charge on any atom is 0.0302 e. The van der Waals surface area contributed by atoms with Crippen molar-refractivity contribution in [1.29, 1.82) is 0 Å². The van der Waals surface area contributed by atoms with Crippen LogP contribution >= 0.6 is 0 Å². The van der Waals surface area contributed by atoms with Crippen LogP contribution in [0.3, 0.4) is 0 Å². The normalized spacial score (nSPS) is 15.4. The number of aryl methyl sites for hydroxylation is 3. The molecule has 1 nitrogen and oxygen atoms in total. The summed E-state index contributed by atoms with van der Waals surface area (Å²) in [5.41, 5.74) is 6.22. The SMILES string of the molecule is c1ccc(CCC2(CCc3ccccc3)CCCc3cnccc32)cc1. The summed E-state index contributed by atoms with van der Waals surface area (Å²) in [5, 5.41) is 0. The molecule has 0 atom stereocenters. The van der Waals surface area contributed by atoms with Crippen molar-refractivity contribution in [1.82, 2.24) is 4.98 Å². The van der Waals surface area contributed by atoms with E-state index in [-0.39, 0.29) is 5.41 Å². The second-order valence-corrected chi connectivity index (χ2v) is 7.64. The minimum atomic E-state index is 0.280. The van der Waals surface area contributed by atoms with Gasteiger partial charge in [0.25, 0.3) is 0 Å². The predicted octanol–water partition coefficient (Wildman–Crippen LogP) is 5.92. The van der Waals surface area contributed by atoms with Gasteiger partial charge in [-0.1, -0.05) is 60.7 Å². The highest BCUT2D eigenvalue weighted by atomic mass is 14.6. The van der Waals surface area contributed by atoms with Gasteiger partial charge in [0.2, 0.25) is 0 Å². The Hall–Kier alpha value is -2.41. The molecule has 2 aromatic carbocycles. The highest BCUT2D eigenvalue weighted by Gasteiger charge is 2.35. The molecule has 0 saturated heterocycles. The van der Waals surface area contributed by atoms with Crippen LogP contribution in [0.5, 0.6) is 0 Å². The van der Waals surface area contributed by atoms with Gasteiger partial charge >= 0.3 is 0 Å². The number of nitrogens with zero attached hydrogens (tertiary/aromatic N) is 1. The molecule has 1 aliphatic carbocycles. The molecule has 0 N–H and O–H groups in total. The number of rotatable bonds is 6. The zero-order valence-corrected chi connectivity index (χ0v) is 15.4. The average Bonchev–Trinajstić information content (AvgIpc) is 2.73. The summed E-state index contributed by atoms with van der Waals surface area (Å²) < 4.78 is 0. The third-order valence-electron chi connectivity index (χ3n) is 6.05. The van der Waals surface area contributed by atoms with Crippen LogP contribution < -0.4 is 0 Å². The fraction of sp³-hybridized carbons (Fsp3) is 0.320. The van der Waals surface area contributed by atoms with Crippen LogP contribution in [0.25, 0.3) is 0 Å². The van der Waals surface area contributed by atoms with Crippen molar-refractivity contribution in [3.63, 3.8) is 0 Å². The summed E-state index contributed by atoms with van der Waals surface area (Å²) in [6.45, 7) is 0. The van der Waals surface area contributed by atoms with E-state index in [2.05, 4.69) is 77.9 Å². The summed E-state index contributed by atoms with van der Waals surface area (Å²) in [6.07, 6.45) is 12.6. The van der Waals surface area contributed by atoms with Crippen LogP contribution in [0, 0.1) is 0 Å². The molecule has 132 valence electrons. The lowest BCUT2D eigenvalue weighted by molar-refractivity contribution is 0.310. The molecule has 0 amide bonds. The lowest BCUT2D eigenvalue weighted by Gasteiger charge is -2.40. The summed E-state index contributed by atoms with van der Waals surface area (Å²) in [4.78, 5) is 4.40. The maximum atomic E-state index is 4.40. The van der Waals surface area contributed by atoms with Crippen LogP contribution in [0.1, 0.15) is 47.9 Å². The Balaban J connectivity index is 1.61. The molecule has 3 aromatic rings. The van der Waals surface area contributed by atoms with Crippen LogP contribution in [0.15, 0.2) is 79.1 Å². The second kappa shape index (κ2) is 7.86. The summed E-state index contributed by atoms with van der Waals surface area (Å²) in [6, 6.07) is 24.2. The van der Waals surface area contributed by atoms with Crippen molar-refractivity contribution in [3.05, 3.63) is 101 Å². The number of fused-ring (bicyclic) bond motifs is 1. The molecule has 0 spiro atoms. The molecule has 1 aliphatic rings. The van der Waals surface area contributed by atoms with Gasteiger partial charge in [-0.2, -0.15) is 0 Å². The van der Waals surface area contributed by atoms with E-state index in [9.17, 15) is 0 Å². The molecular weight excluding hydrogens is 314 g/mol. The third kappa shape index (κ3) is 3.72. The second-order valence-electron chi connectivity index (χ2n) is 7.64. The van der Waals surface area contributed by atoms with Crippen molar-refractivity contribution in [3.8, 4) is 0 Å². The molecule has 1 aromatic heterocycles. The monoisotopic (exact) mass is 341 g/mol. The molecule has 0 aliphatic heterocycles. The molecular formula is C25H27N.